The van der Waals surface area contributed by atoms with Gasteiger partial charge in [-0.2, -0.15) is 0 Å². The Kier molecular flexibility index (Phi) is 4.77. The molecule has 1 aromatic rings. The van der Waals surface area contributed by atoms with Gasteiger partial charge in [0.1, 0.15) is 6.04 Å². The van der Waals surface area contributed by atoms with Crippen molar-refractivity contribution in [2.45, 2.75) is 39.2 Å². The van der Waals surface area contributed by atoms with Crippen molar-refractivity contribution in [3.63, 3.8) is 0 Å². The van der Waals surface area contributed by atoms with E-state index in [2.05, 4.69) is 5.32 Å². The number of hydrogen-bond donors (Lipinski definition) is 1. The third-order valence-electron chi connectivity index (χ3n) is 3.78. The molecule has 1 N–H and O–H groups in total. The van der Waals surface area contributed by atoms with E-state index < -0.39 is 6.04 Å². The Labute approximate surface area is 120 Å². The van der Waals surface area contributed by atoms with Gasteiger partial charge in [0.05, 0.1) is 0 Å². The topological polar surface area (TPSA) is 49.4 Å². The lowest BCUT2D eigenvalue weighted by atomic mass is 10.1. The summed E-state index contributed by atoms with van der Waals surface area (Å²) in [4.78, 5) is 26.3. The quantitative estimate of drug-likeness (QED) is 0.918. The van der Waals surface area contributed by atoms with E-state index in [1.807, 2.05) is 30.0 Å². The first-order valence-electron chi connectivity index (χ1n) is 7.25. The molecule has 0 spiro atoms. The number of rotatable bonds is 3. The minimum Gasteiger partial charge on any atom is -0.341 e. The average molecular weight is 274 g/mol. The number of hydrogen-bond acceptors (Lipinski definition) is 2. The summed E-state index contributed by atoms with van der Waals surface area (Å²) in [5, 5.41) is 2.80. The highest BCUT2D eigenvalue weighted by molar-refractivity contribution is 5.98. The molecule has 20 heavy (non-hydrogen) atoms. The van der Waals surface area contributed by atoms with Crippen molar-refractivity contribution in [3.8, 4) is 0 Å². The van der Waals surface area contributed by atoms with Gasteiger partial charge in [-0.15, -0.1) is 0 Å². The molecule has 0 aromatic heterocycles. The van der Waals surface area contributed by atoms with Crippen molar-refractivity contribution in [1.82, 2.24) is 10.2 Å². The van der Waals surface area contributed by atoms with E-state index in [0.29, 0.717) is 5.56 Å². The maximum Gasteiger partial charge on any atom is 0.252 e. The highest BCUT2D eigenvalue weighted by atomic mass is 16.2. The summed E-state index contributed by atoms with van der Waals surface area (Å²) in [5.41, 5.74) is 1.55. The molecule has 0 radical (unpaired) electrons. The van der Waals surface area contributed by atoms with Crippen molar-refractivity contribution >= 4 is 11.8 Å². The summed E-state index contributed by atoms with van der Waals surface area (Å²) in [7, 11) is 0. The normalized spacial score (nSPS) is 16.6. The van der Waals surface area contributed by atoms with E-state index in [1.54, 1.807) is 13.0 Å². The van der Waals surface area contributed by atoms with E-state index in [4.69, 9.17) is 0 Å². The Morgan fingerprint density at radius 1 is 1.15 bits per heavy atom. The molecule has 4 heteroatoms. The van der Waals surface area contributed by atoms with Gasteiger partial charge >= 0.3 is 0 Å². The zero-order valence-corrected chi connectivity index (χ0v) is 12.2. The highest BCUT2D eigenvalue weighted by Gasteiger charge is 2.23. The Bertz CT molecular complexity index is 493. The second-order valence-corrected chi connectivity index (χ2v) is 5.40. The van der Waals surface area contributed by atoms with Crippen LogP contribution >= 0.6 is 0 Å². The SMILES string of the molecule is Cc1ccccc1C(=O)N[C@@H](C)C(=O)N1CCCCC1. The molecule has 4 nitrogen and oxygen atoms in total. The van der Waals surface area contributed by atoms with Gasteiger partial charge in [0.25, 0.3) is 5.91 Å². The van der Waals surface area contributed by atoms with Gasteiger partial charge < -0.3 is 10.2 Å². The van der Waals surface area contributed by atoms with E-state index in [9.17, 15) is 9.59 Å². The first-order chi connectivity index (χ1) is 9.59. The molecule has 108 valence electrons. The molecule has 0 unspecified atom stereocenters. The zero-order chi connectivity index (χ0) is 14.5. The monoisotopic (exact) mass is 274 g/mol. The fourth-order valence-corrected chi connectivity index (χ4v) is 2.55. The molecule has 1 heterocycles. The third-order valence-corrected chi connectivity index (χ3v) is 3.78. The fraction of sp³-hybridized carbons (Fsp3) is 0.500. The predicted octanol–water partition coefficient (Wildman–Crippen LogP) is 2.13. The summed E-state index contributed by atoms with van der Waals surface area (Å²) < 4.78 is 0. The number of piperidine rings is 1. The summed E-state index contributed by atoms with van der Waals surface area (Å²) in [6.45, 7) is 5.27. The lowest BCUT2D eigenvalue weighted by Gasteiger charge is -2.29. The molecule has 1 saturated heterocycles. The van der Waals surface area contributed by atoms with Crippen LogP contribution in [0.2, 0.25) is 0 Å². The first kappa shape index (κ1) is 14.6. The summed E-state index contributed by atoms with van der Waals surface area (Å²) in [5.74, 6) is -0.160. The van der Waals surface area contributed by atoms with Crippen LogP contribution in [0.1, 0.15) is 42.1 Å². The maximum absolute atomic E-state index is 12.3. The number of carbonyl (C=O) groups is 2. The number of nitrogens with zero attached hydrogens (tertiary/aromatic N) is 1. The lowest BCUT2D eigenvalue weighted by molar-refractivity contribution is -0.133. The maximum atomic E-state index is 12.3. The van der Waals surface area contributed by atoms with E-state index >= 15 is 0 Å². The minimum atomic E-state index is -0.472. The number of likely N-dealkylation sites (tertiary alicyclic amines) is 1. The van der Waals surface area contributed by atoms with Crippen molar-refractivity contribution < 1.29 is 9.59 Å². The van der Waals surface area contributed by atoms with Crippen LogP contribution in [0.15, 0.2) is 24.3 Å². The van der Waals surface area contributed by atoms with E-state index in [1.165, 1.54) is 6.42 Å². The lowest BCUT2D eigenvalue weighted by Crippen LogP contribution is -2.48. The van der Waals surface area contributed by atoms with Gasteiger partial charge in [-0.25, -0.2) is 0 Å². The molecule has 1 fully saturated rings. The first-order valence-corrected chi connectivity index (χ1v) is 7.25. The van der Waals surface area contributed by atoms with Crippen molar-refractivity contribution in [1.29, 1.82) is 0 Å². The second kappa shape index (κ2) is 6.55. The van der Waals surface area contributed by atoms with Gasteiger partial charge in [-0.1, -0.05) is 18.2 Å². The van der Waals surface area contributed by atoms with Crippen LogP contribution in [0.25, 0.3) is 0 Å². The van der Waals surface area contributed by atoms with Crippen LogP contribution in [-0.2, 0) is 4.79 Å². The third kappa shape index (κ3) is 3.38. The Morgan fingerprint density at radius 2 is 1.80 bits per heavy atom. The largest absolute Gasteiger partial charge is 0.341 e. The zero-order valence-electron chi connectivity index (χ0n) is 12.2. The smallest absolute Gasteiger partial charge is 0.252 e. The van der Waals surface area contributed by atoms with Crippen LogP contribution < -0.4 is 5.32 Å². The number of aryl methyl sites for hydroxylation is 1. The molecular formula is C16H22N2O2. The minimum absolute atomic E-state index is 0.0200. The van der Waals surface area contributed by atoms with Gasteiger partial charge in [0.15, 0.2) is 0 Å². The van der Waals surface area contributed by atoms with Gasteiger partial charge in [0, 0.05) is 18.7 Å². The van der Waals surface area contributed by atoms with Gasteiger partial charge in [-0.05, 0) is 44.7 Å². The molecule has 1 aliphatic heterocycles. The van der Waals surface area contributed by atoms with Crippen molar-refractivity contribution in [3.05, 3.63) is 35.4 Å². The molecule has 0 saturated carbocycles. The summed E-state index contributed by atoms with van der Waals surface area (Å²) >= 11 is 0. The highest BCUT2D eigenvalue weighted by Crippen LogP contribution is 2.11. The van der Waals surface area contributed by atoms with Crippen LogP contribution in [-0.4, -0.2) is 35.8 Å². The number of nitrogens with one attached hydrogen (secondary N) is 1. The molecule has 1 aliphatic rings. The van der Waals surface area contributed by atoms with E-state index in [0.717, 1.165) is 31.5 Å². The second-order valence-electron chi connectivity index (χ2n) is 5.40. The van der Waals surface area contributed by atoms with Gasteiger partial charge in [0.2, 0.25) is 5.91 Å². The number of benzene rings is 1. The molecular weight excluding hydrogens is 252 g/mol. The predicted molar refractivity (Wildman–Crippen MR) is 78.5 cm³/mol. The average Bonchev–Trinajstić information content (AvgIpc) is 2.47. The molecule has 2 amide bonds. The summed E-state index contributed by atoms with van der Waals surface area (Å²) in [6, 6.07) is 6.93. The van der Waals surface area contributed by atoms with E-state index in [-0.39, 0.29) is 11.8 Å². The van der Waals surface area contributed by atoms with Crippen LogP contribution in [0.4, 0.5) is 0 Å². The fourth-order valence-electron chi connectivity index (χ4n) is 2.55. The Hall–Kier alpha value is -1.84. The molecule has 1 aromatic carbocycles. The van der Waals surface area contributed by atoms with Crippen LogP contribution in [0, 0.1) is 6.92 Å². The summed E-state index contributed by atoms with van der Waals surface area (Å²) in [6.07, 6.45) is 3.31. The number of carbonyl (C=O) groups excluding carboxylic acids is 2. The molecule has 2 rings (SSSR count). The molecule has 1 atom stereocenters. The van der Waals surface area contributed by atoms with Crippen molar-refractivity contribution in [2.24, 2.45) is 0 Å². The van der Waals surface area contributed by atoms with Crippen molar-refractivity contribution in [2.75, 3.05) is 13.1 Å². The standard InChI is InChI=1S/C16H22N2O2/c1-12-8-4-5-9-14(12)15(19)17-13(2)16(20)18-10-6-3-7-11-18/h4-5,8-9,13H,3,6-7,10-11H2,1-2H3,(H,17,19)/t13-/m0/s1. The van der Waals surface area contributed by atoms with Gasteiger partial charge in [-0.3, -0.25) is 9.59 Å². The Morgan fingerprint density at radius 3 is 2.45 bits per heavy atom. The molecule has 0 bridgehead atoms. The molecule has 0 aliphatic carbocycles. The Balaban J connectivity index is 1.97. The van der Waals surface area contributed by atoms with Crippen LogP contribution in [0.5, 0.6) is 0 Å². The number of amides is 2. The van der Waals surface area contributed by atoms with Crippen LogP contribution in [0.3, 0.4) is 0 Å².